The summed E-state index contributed by atoms with van der Waals surface area (Å²) in [5.74, 6) is 0.627. The smallest absolute Gasteiger partial charge is 0.0809 e. The third kappa shape index (κ3) is 3.32. The van der Waals surface area contributed by atoms with Gasteiger partial charge in [-0.1, -0.05) is 6.42 Å². The van der Waals surface area contributed by atoms with Crippen LogP contribution in [0.2, 0.25) is 0 Å². The van der Waals surface area contributed by atoms with Crippen molar-refractivity contribution in [2.24, 2.45) is 5.92 Å². The molecule has 0 amide bonds. The number of rotatable bonds is 4. The fourth-order valence-electron chi connectivity index (χ4n) is 2.85. The molecule has 3 rings (SSSR count). The van der Waals surface area contributed by atoms with Crippen LogP contribution in [0.3, 0.4) is 0 Å². The number of thiophene rings is 1. The van der Waals surface area contributed by atoms with Crippen LogP contribution in [-0.2, 0) is 6.54 Å². The molecule has 1 aliphatic rings. The fourth-order valence-corrected chi connectivity index (χ4v) is 3.66. The quantitative estimate of drug-likeness (QED) is 0.902. The molecule has 2 atom stereocenters. The van der Waals surface area contributed by atoms with E-state index in [1.807, 2.05) is 6.20 Å². The molecular formula is C15H20N2OS. The summed E-state index contributed by atoms with van der Waals surface area (Å²) < 4.78 is 1.26. The number of nitrogens with zero attached hydrogens (tertiary/aromatic N) is 1. The van der Waals surface area contributed by atoms with E-state index in [4.69, 9.17) is 0 Å². The highest BCUT2D eigenvalue weighted by molar-refractivity contribution is 7.17. The molecule has 1 fully saturated rings. The molecule has 0 spiro atoms. The maximum Gasteiger partial charge on any atom is 0.0809 e. The van der Waals surface area contributed by atoms with Gasteiger partial charge in [0.1, 0.15) is 0 Å². The van der Waals surface area contributed by atoms with E-state index in [0.29, 0.717) is 5.92 Å². The van der Waals surface area contributed by atoms with Gasteiger partial charge in [0, 0.05) is 12.7 Å². The highest BCUT2D eigenvalue weighted by atomic mass is 32.1. The standard InChI is InChI=1S/C15H20N2OS/c18-13-3-1-2-11(6-13)8-16-9-12-7-15-14(17-10-12)4-5-19-15/h4-5,7,10-11,13,16,18H,1-3,6,8-9H2. The Morgan fingerprint density at radius 2 is 2.37 bits per heavy atom. The third-order valence-corrected chi connectivity index (χ3v) is 4.73. The molecule has 0 aromatic carbocycles. The van der Waals surface area contributed by atoms with E-state index in [0.717, 1.165) is 37.9 Å². The Labute approximate surface area is 117 Å². The lowest BCUT2D eigenvalue weighted by atomic mass is 9.87. The predicted molar refractivity (Wildman–Crippen MR) is 79.3 cm³/mol. The van der Waals surface area contributed by atoms with E-state index in [1.165, 1.54) is 16.7 Å². The molecule has 0 saturated heterocycles. The van der Waals surface area contributed by atoms with Gasteiger partial charge in [-0.25, -0.2) is 0 Å². The van der Waals surface area contributed by atoms with Crippen LogP contribution in [0.4, 0.5) is 0 Å². The Bertz CT molecular complexity index is 540. The van der Waals surface area contributed by atoms with Crippen molar-refractivity contribution < 1.29 is 5.11 Å². The van der Waals surface area contributed by atoms with Crippen LogP contribution < -0.4 is 5.32 Å². The molecule has 4 heteroatoms. The first kappa shape index (κ1) is 13.0. The number of aliphatic hydroxyl groups is 1. The Hall–Kier alpha value is -0.970. The van der Waals surface area contributed by atoms with E-state index in [9.17, 15) is 5.11 Å². The summed E-state index contributed by atoms with van der Waals surface area (Å²) in [6.45, 7) is 1.87. The lowest BCUT2D eigenvalue weighted by Crippen LogP contribution is -2.28. The summed E-state index contributed by atoms with van der Waals surface area (Å²) in [6.07, 6.45) is 6.22. The molecule has 19 heavy (non-hydrogen) atoms. The number of nitrogens with one attached hydrogen (secondary N) is 1. The number of fused-ring (bicyclic) bond motifs is 1. The number of pyridine rings is 1. The maximum atomic E-state index is 9.65. The summed E-state index contributed by atoms with van der Waals surface area (Å²) in [6, 6.07) is 4.27. The molecule has 3 nitrogen and oxygen atoms in total. The number of aliphatic hydroxyl groups excluding tert-OH is 1. The Morgan fingerprint density at radius 3 is 3.26 bits per heavy atom. The predicted octanol–water partition coefficient (Wildman–Crippen LogP) is 2.94. The second-order valence-electron chi connectivity index (χ2n) is 5.46. The van der Waals surface area contributed by atoms with Crippen LogP contribution in [0.25, 0.3) is 10.2 Å². The normalized spacial score (nSPS) is 23.8. The number of hydrogen-bond acceptors (Lipinski definition) is 4. The molecule has 102 valence electrons. The summed E-state index contributed by atoms with van der Waals surface area (Å²) in [5.41, 5.74) is 2.33. The Kier molecular flexibility index (Phi) is 4.11. The van der Waals surface area contributed by atoms with E-state index < -0.39 is 0 Å². The van der Waals surface area contributed by atoms with Gasteiger partial charge in [-0.15, -0.1) is 11.3 Å². The van der Waals surface area contributed by atoms with Gasteiger partial charge in [0.15, 0.2) is 0 Å². The molecule has 1 saturated carbocycles. The van der Waals surface area contributed by atoms with Gasteiger partial charge in [0.05, 0.1) is 16.3 Å². The molecule has 1 aliphatic carbocycles. The van der Waals surface area contributed by atoms with Gasteiger partial charge in [0.2, 0.25) is 0 Å². The minimum absolute atomic E-state index is 0.0790. The number of hydrogen-bond donors (Lipinski definition) is 2. The van der Waals surface area contributed by atoms with Gasteiger partial charge >= 0.3 is 0 Å². The topological polar surface area (TPSA) is 45.1 Å². The van der Waals surface area contributed by atoms with Gasteiger partial charge in [0.25, 0.3) is 0 Å². The molecule has 0 aliphatic heterocycles. The van der Waals surface area contributed by atoms with Crippen LogP contribution in [0.5, 0.6) is 0 Å². The summed E-state index contributed by atoms with van der Waals surface area (Å²) in [4.78, 5) is 4.45. The van der Waals surface area contributed by atoms with Crippen LogP contribution in [-0.4, -0.2) is 22.7 Å². The van der Waals surface area contributed by atoms with Crippen molar-refractivity contribution >= 4 is 21.6 Å². The minimum atomic E-state index is -0.0790. The Balaban J connectivity index is 1.51. The van der Waals surface area contributed by atoms with Crippen molar-refractivity contribution in [3.63, 3.8) is 0 Å². The molecule has 2 unspecified atom stereocenters. The van der Waals surface area contributed by atoms with Gasteiger partial charge in [-0.05, 0) is 54.8 Å². The zero-order valence-corrected chi connectivity index (χ0v) is 11.8. The zero-order chi connectivity index (χ0) is 13.1. The second kappa shape index (κ2) is 5.99. The largest absolute Gasteiger partial charge is 0.393 e. The van der Waals surface area contributed by atoms with Crippen LogP contribution in [0.15, 0.2) is 23.7 Å². The van der Waals surface area contributed by atoms with E-state index in [1.54, 1.807) is 11.3 Å². The molecule has 2 aromatic heterocycles. The highest BCUT2D eigenvalue weighted by Gasteiger charge is 2.19. The van der Waals surface area contributed by atoms with Gasteiger partial charge in [-0.3, -0.25) is 4.98 Å². The maximum absolute atomic E-state index is 9.65. The summed E-state index contributed by atoms with van der Waals surface area (Å²) in [7, 11) is 0. The zero-order valence-electron chi connectivity index (χ0n) is 11.0. The van der Waals surface area contributed by atoms with Crippen molar-refractivity contribution in [3.05, 3.63) is 29.3 Å². The first-order chi connectivity index (χ1) is 9.31. The fraction of sp³-hybridized carbons (Fsp3) is 0.533. The van der Waals surface area contributed by atoms with Crippen molar-refractivity contribution in [3.8, 4) is 0 Å². The first-order valence-electron chi connectivity index (χ1n) is 7.02. The molecule has 2 heterocycles. The molecule has 0 bridgehead atoms. The lowest BCUT2D eigenvalue weighted by molar-refractivity contribution is 0.101. The van der Waals surface area contributed by atoms with Crippen molar-refractivity contribution in [2.75, 3.05) is 6.54 Å². The van der Waals surface area contributed by atoms with E-state index >= 15 is 0 Å². The molecule has 2 N–H and O–H groups in total. The number of aromatic nitrogens is 1. The third-order valence-electron chi connectivity index (χ3n) is 3.88. The average molecular weight is 276 g/mol. The van der Waals surface area contributed by atoms with Crippen molar-refractivity contribution in [1.29, 1.82) is 0 Å². The van der Waals surface area contributed by atoms with Gasteiger partial charge < -0.3 is 10.4 Å². The molecule has 0 radical (unpaired) electrons. The van der Waals surface area contributed by atoms with Crippen molar-refractivity contribution in [1.82, 2.24) is 10.3 Å². The first-order valence-corrected chi connectivity index (χ1v) is 7.90. The van der Waals surface area contributed by atoms with Crippen LogP contribution >= 0.6 is 11.3 Å². The SMILES string of the molecule is OC1CCCC(CNCc2cnc3ccsc3c2)C1. The van der Waals surface area contributed by atoms with E-state index in [2.05, 4.69) is 27.8 Å². The van der Waals surface area contributed by atoms with Crippen molar-refractivity contribution in [2.45, 2.75) is 38.3 Å². The van der Waals surface area contributed by atoms with E-state index in [-0.39, 0.29) is 6.10 Å². The summed E-state index contributed by atoms with van der Waals surface area (Å²) in [5, 5.41) is 15.2. The molecule has 2 aromatic rings. The lowest BCUT2D eigenvalue weighted by Gasteiger charge is -2.25. The monoisotopic (exact) mass is 276 g/mol. The van der Waals surface area contributed by atoms with Crippen LogP contribution in [0, 0.1) is 5.92 Å². The Morgan fingerprint density at radius 1 is 1.42 bits per heavy atom. The van der Waals surface area contributed by atoms with Crippen LogP contribution in [0.1, 0.15) is 31.2 Å². The highest BCUT2D eigenvalue weighted by Crippen LogP contribution is 2.23. The van der Waals surface area contributed by atoms with Gasteiger partial charge in [-0.2, -0.15) is 0 Å². The minimum Gasteiger partial charge on any atom is -0.393 e. The molecular weight excluding hydrogens is 256 g/mol. The average Bonchev–Trinajstić information content (AvgIpc) is 2.86. The summed E-state index contributed by atoms with van der Waals surface area (Å²) >= 11 is 1.74. The second-order valence-corrected chi connectivity index (χ2v) is 6.41.